The van der Waals surface area contributed by atoms with Gasteiger partial charge in [-0.05, 0) is 12.8 Å². The standard InChI is InChI=1S/C21H37NO5/c22-21(23)24-14-12-10-8-6-4-2-1-3-5-7-9-11-13-16-18(26-16)20-19(27-20)17-15-25-17/h16-20H,1-15H2,(H2,22,23). The second kappa shape index (κ2) is 11.2. The van der Waals surface area contributed by atoms with Crippen LogP contribution in [0, 0.1) is 0 Å². The van der Waals surface area contributed by atoms with Gasteiger partial charge in [0.05, 0.1) is 19.3 Å². The molecule has 6 heteroatoms. The molecular formula is C21H37NO5. The molecule has 3 fully saturated rings. The lowest BCUT2D eigenvalue weighted by molar-refractivity contribution is 0.154. The number of primary amides is 1. The smallest absolute Gasteiger partial charge is 0.404 e. The van der Waals surface area contributed by atoms with Gasteiger partial charge < -0.3 is 24.7 Å². The van der Waals surface area contributed by atoms with Crippen molar-refractivity contribution in [3.8, 4) is 0 Å². The topological polar surface area (TPSA) is 89.9 Å². The predicted molar refractivity (Wildman–Crippen MR) is 103 cm³/mol. The maximum atomic E-state index is 10.4. The van der Waals surface area contributed by atoms with Gasteiger partial charge in [-0.15, -0.1) is 0 Å². The molecule has 6 nitrogen and oxygen atoms in total. The van der Waals surface area contributed by atoms with E-state index in [1.165, 1.54) is 70.6 Å². The monoisotopic (exact) mass is 383 g/mol. The van der Waals surface area contributed by atoms with Gasteiger partial charge in [-0.2, -0.15) is 0 Å². The molecule has 0 radical (unpaired) electrons. The molecule has 0 aromatic heterocycles. The number of rotatable bonds is 17. The largest absolute Gasteiger partial charge is 0.450 e. The molecule has 3 aliphatic heterocycles. The van der Waals surface area contributed by atoms with Gasteiger partial charge in [0.2, 0.25) is 0 Å². The Hall–Kier alpha value is -0.850. The van der Waals surface area contributed by atoms with Crippen LogP contribution in [0.15, 0.2) is 0 Å². The molecule has 0 aliphatic carbocycles. The van der Waals surface area contributed by atoms with Gasteiger partial charge in [0.1, 0.15) is 24.4 Å². The molecule has 0 aromatic rings. The van der Waals surface area contributed by atoms with Crippen LogP contribution in [0.2, 0.25) is 0 Å². The minimum atomic E-state index is -0.662. The molecule has 0 saturated carbocycles. The van der Waals surface area contributed by atoms with Crippen molar-refractivity contribution in [1.82, 2.24) is 0 Å². The van der Waals surface area contributed by atoms with Gasteiger partial charge >= 0.3 is 6.09 Å². The summed E-state index contributed by atoms with van der Waals surface area (Å²) in [7, 11) is 0. The summed E-state index contributed by atoms with van der Waals surface area (Å²) in [4.78, 5) is 10.4. The average molecular weight is 384 g/mol. The Morgan fingerprint density at radius 3 is 1.89 bits per heavy atom. The lowest BCUT2D eigenvalue weighted by Gasteiger charge is -2.03. The van der Waals surface area contributed by atoms with Crippen LogP contribution < -0.4 is 5.73 Å². The molecule has 3 saturated heterocycles. The minimum absolute atomic E-state index is 0.339. The van der Waals surface area contributed by atoms with E-state index in [0.29, 0.717) is 37.1 Å². The minimum Gasteiger partial charge on any atom is -0.450 e. The molecule has 3 aliphatic rings. The molecular weight excluding hydrogens is 346 g/mol. The predicted octanol–water partition coefficient (Wildman–Crippen LogP) is 4.09. The lowest BCUT2D eigenvalue weighted by atomic mass is 10.0. The third-order valence-electron chi connectivity index (χ3n) is 5.86. The Balaban J connectivity index is 0.989. The zero-order chi connectivity index (χ0) is 18.9. The first-order chi connectivity index (χ1) is 13.3. The number of unbranched alkanes of at least 4 members (excludes halogenated alkanes) is 11. The summed E-state index contributed by atoms with van der Waals surface area (Å²) in [6.45, 7) is 1.35. The molecule has 2 N–H and O–H groups in total. The summed E-state index contributed by atoms with van der Waals surface area (Å²) in [6.07, 6.45) is 17.8. The van der Waals surface area contributed by atoms with Crippen molar-refractivity contribution >= 4 is 6.09 Å². The number of hydrogen-bond donors (Lipinski definition) is 1. The Labute approximate surface area is 163 Å². The third kappa shape index (κ3) is 8.36. The molecule has 0 spiro atoms. The highest BCUT2D eigenvalue weighted by molar-refractivity contribution is 5.64. The summed E-state index contributed by atoms with van der Waals surface area (Å²) < 4.78 is 21.4. The fraction of sp³-hybridized carbons (Fsp3) is 0.952. The van der Waals surface area contributed by atoms with Crippen molar-refractivity contribution < 1.29 is 23.7 Å². The van der Waals surface area contributed by atoms with E-state index < -0.39 is 6.09 Å². The van der Waals surface area contributed by atoms with Gasteiger partial charge in [-0.3, -0.25) is 0 Å². The molecule has 0 bridgehead atoms. The van der Waals surface area contributed by atoms with Crippen molar-refractivity contribution in [3.63, 3.8) is 0 Å². The zero-order valence-corrected chi connectivity index (χ0v) is 16.6. The molecule has 27 heavy (non-hydrogen) atoms. The maximum absolute atomic E-state index is 10.4. The zero-order valence-electron chi connectivity index (χ0n) is 16.6. The Morgan fingerprint density at radius 1 is 0.778 bits per heavy atom. The molecule has 5 unspecified atom stereocenters. The summed E-state index contributed by atoms with van der Waals surface area (Å²) in [5.41, 5.74) is 4.91. The summed E-state index contributed by atoms with van der Waals surface area (Å²) >= 11 is 0. The number of amides is 1. The van der Waals surface area contributed by atoms with Gasteiger partial charge in [0.25, 0.3) is 0 Å². The van der Waals surface area contributed by atoms with Gasteiger partial charge in [-0.25, -0.2) is 4.79 Å². The number of carbonyl (C=O) groups is 1. The van der Waals surface area contributed by atoms with Gasteiger partial charge in [0.15, 0.2) is 0 Å². The van der Waals surface area contributed by atoms with Gasteiger partial charge in [-0.1, -0.05) is 70.6 Å². The number of carbonyl (C=O) groups excluding carboxylic acids is 1. The molecule has 1 amide bonds. The van der Waals surface area contributed by atoms with E-state index in [1.807, 2.05) is 0 Å². The van der Waals surface area contributed by atoms with E-state index >= 15 is 0 Å². The fourth-order valence-electron chi connectivity index (χ4n) is 4.01. The van der Waals surface area contributed by atoms with Crippen molar-refractivity contribution in [3.05, 3.63) is 0 Å². The van der Waals surface area contributed by atoms with Crippen molar-refractivity contribution in [2.75, 3.05) is 13.2 Å². The SMILES string of the molecule is NC(=O)OCCCCCCCCCCCCCCC1OC1C1OC1C1CO1. The van der Waals surface area contributed by atoms with E-state index in [-0.39, 0.29) is 0 Å². The molecule has 0 aromatic carbocycles. The first-order valence-corrected chi connectivity index (χ1v) is 11.1. The second-order valence-corrected chi connectivity index (χ2v) is 8.28. The third-order valence-corrected chi connectivity index (χ3v) is 5.86. The fourth-order valence-corrected chi connectivity index (χ4v) is 4.01. The molecule has 5 atom stereocenters. The highest BCUT2D eigenvalue weighted by atomic mass is 16.7. The second-order valence-electron chi connectivity index (χ2n) is 8.28. The van der Waals surface area contributed by atoms with E-state index in [9.17, 15) is 4.79 Å². The number of ether oxygens (including phenoxy) is 4. The lowest BCUT2D eigenvalue weighted by Crippen LogP contribution is -2.13. The summed E-state index contributed by atoms with van der Waals surface area (Å²) in [6, 6.07) is 0. The first kappa shape index (κ1) is 20.9. The Bertz CT molecular complexity index is 442. The number of nitrogens with two attached hydrogens (primary N) is 1. The molecule has 3 heterocycles. The van der Waals surface area contributed by atoms with Gasteiger partial charge in [0, 0.05) is 0 Å². The summed E-state index contributed by atoms with van der Waals surface area (Å²) in [5, 5.41) is 0. The molecule has 156 valence electrons. The summed E-state index contributed by atoms with van der Waals surface area (Å²) in [5.74, 6) is 0. The van der Waals surface area contributed by atoms with E-state index in [1.54, 1.807) is 0 Å². The van der Waals surface area contributed by atoms with Crippen LogP contribution in [-0.4, -0.2) is 49.8 Å². The van der Waals surface area contributed by atoms with Crippen molar-refractivity contribution in [2.45, 2.75) is 114 Å². The average Bonchev–Trinajstić information content (AvgIpc) is 3.50. The van der Waals surface area contributed by atoms with Crippen LogP contribution in [0.4, 0.5) is 4.79 Å². The number of epoxide rings is 3. The van der Waals surface area contributed by atoms with Crippen LogP contribution in [0.25, 0.3) is 0 Å². The van der Waals surface area contributed by atoms with Crippen LogP contribution in [-0.2, 0) is 18.9 Å². The normalized spacial score (nSPS) is 30.9. The van der Waals surface area contributed by atoms with Crippen molar-refractivity contribution in [2.24, 2.45) is 5.73 Å². The van der Waals surface area contributed by atoms with E-state index in [2.05, 4.69) is 0 Å². The first-order valence-electron chi connectivity index (χ1n) is 11.1. The van der Waals surface area contributed by atoms with Crippen LogP contribution in [0.1, 0.15) is 83.5 Å². The van der Waals surface area contributed by atoms with Crippen LogP contribution in [0.5, 0.6) is 0 Å². The van der Waals surface area contributed by atoms with E-state index in [0.717, 1.165) is 19.4 Å². The van der Waals surface area contributed by atoms with Crippen LogP contribution in [0.3, 0.4) is 0 Å². The highest BCUT2D eigenvalue weighted by Gasteiger charge is 2.61. The number of hydrogen-bond acceptors (Lipinski definition) is 5. The van der Waals surface area contributed by atoms with Crippen molar-refractivity contribution in [1.29, 1.82) is 0 Å². The quantitative estimate of drug-likeness (QED) is 0.302. The maximum Gasteiger partial charge on any atom is 0.404 e. The van der Waals surface area contributed by atoms with E-state index in [4.69, 9.17) is 24.7 Å². The van der Waals surface area contributed by atoms with Crippen LogP contribution >= 0.6 is 0 Å². The highest BCUT2D eigenvalue weighted by Crippen LogP contribution is 2.44. The Kier molecular flexibility index (Phi) is 8.68. The molecule has 3 rings (SSSR count). The Morgan fingerprint density at radius 2 is 1.33 bits per heavy atom.